The van der Waals surface area contributed by atoms with Gasteiger partial charge in [0.25, 0.3) is 0 Å². The predicted molar refractivity (Wildman–Crippen MR) is 70.0 cm³/mol. The lowest BCUT2D eigenvalue weighted by Gasteiger charge is -2.33. The summed E-state index contributed by atoms with van der Waals surface area (Å²) < 4.78 is 0. The van der Waals surface area contributed by atoms with Gasteiger partial charge in [0, 0.05) is 25.2 Å². The molecule has 2 heteroatoms. The summed E-state index contributed by atoms with van der Waals surface area (Å²) in [5.41, 5.74) is 0.780. The standard InChI is InChI=1S/C15H26N2/c1-2-9-17-10-6-13(14(17)3-1)16-11-15(7-8-15)12-4-5-12/h12-14,16H,1-11H2. The average Bonchev–Trinajstić information content (AvgIpc) is 3.24. The number of rotatable bonds is 4. The quantitative estimate of drug-likeness (QED) is 0.803. The first-order valence-corrected chi connectivity index (χ1v) is 7.85. The smallest absolute Gasteiger partial charge is 0.0249 e. The van der Waals surface area contributed by atoms with Crippen molar-refractivity contribution >= 4 is 0 Å². The van der Waals surface area contributed by atoms with Gasteiger partial charge >= 0.3 is 0 Å². The van der Waals surface area contributed by atoms with E-state index in [1.54, 1.807) is 0 Å². The molecule has 4 fully saturated rings. The first-order valence-electron chi connectivity index (χ1n) is 7.85. The Morgan fingerprint density at radius 2 is 1.88 bits per heavy atom. The molecule has 2 unspecified atom stereocenters. The van der Waals surface area contributed by atoms with Gasteiger partial charge in [-0.25, -0.2) is 0 Å². The fraction of sp³-hybridized carbons (Fsp3) is 1.00. The molecule has 0 aromatic carbocycles. The van der Waals surface area contributed by atoms with Crippen LogP contribution in [0.3, 0.4) is 0 Å². The lowest BCUT2D eigenvalue weighted by molar-refractivity contribution is 0.177. The van der Waals surface area contributed by atoms with E-state index in [2.05, 4.69) is 10.2 Å². The molecule has 4 rings (SSSR count). The molecule has 0 amide bonds. The Bertz CT molecular complexity index is 293. The molecule has 2 saturated heterocycles. The molecule has 2 saturated carbocycles. The van der Waals surface area contributed by atoms with Crippen LogP contribution in [-0.2, 0) is 0 Å². The maximum Gasteiger partial charge on any atom is 0.0249 e. The molecule has 0 bridgehead atoms. The molecule has 2 atom stereocenters. The molecule has 96 valence electrons. The molecule has 0 spiro atoms. The predicted octanol–water partition coefficient (Wildman–Crippen LogP) is 2.39. The Balaban J connectivity index is 1.33. The number of piperidine rings is 1. The van der Waals surface area contributed by atoms with Gasteiger partial charge in [0.15, 0.2) is 0 Å². The van der Waals surface area contributed by atoms with Crippen LogP contribution in [0.5, 0.6) is 0 Å². The molecule has 2 heterocycles. The van der Waals surface area contributed by atoms with Crippen molar-refractivity contribution in [2.45, 2.75) is 63.5 Å². The van der Waals surface area contributed by atoms with Crippen molar-refractivity contribution in [3.05, 3.63) is 0 Å². The molecule has 0 radical (unpaired) electrons. The van der Waals surface area contributed by atoms with Gasteiger partial charge in [-0.15, -0.1) is 0 Å². The van der Waals surface area contributed by atoms with Crippen LogP contribution in [0.1, 0.15) is 51.4 Å². The van der Waals surface area contributed by atoms with Gasteiger partial charge in [-0.05, 0) is 62.8 Å². The summed E-state index contributed by atoms with van der Waals surface area (Å²) in [5, 5.41) is 3.96. The number of hydrogen-bond donors (Lipinski definition) is 1. The minimum atomic E-state index is 0.780. The molecular weight excluding hydrogens is 208 g/mol. The zero-order valence-corrected chi connectivity index (χ0v) is 11.0. The Kier molecular flexibility index (Phi) is 2.52. The Morgan fingerprint density at radius 1 is 1.00 bits per heavy atom. The van der Waals surface area contributed by atoms with Crippen LogP contribution >= 0.6 is 0 Å². The van der Waals surface area contributed by atoms with Gasteiger partial charge < -0.3 is 5.32 Å². The van der Waals surface area contributed by atoms with Gasteiger partial charge in [0.1, 0.15) is 0 Å². The molecule has 2 nitrogen and oxygen atoms in total. The van der Waals surface area contributed by atoms with Gasteiger partial charge in [0.2, 0.25) is 0 Å². The van der Waals surface area contributed by atoms with E-state index < -0.39 is 0 Å². The second-order valence-electron chi connectivity index (χ2n) is 7.01. The van der Waals surface area contributed by atoms with E-state index in [9.17, 15) is 0 Å². The summed E-state index contributed by atoms with van der Waals surface area (Å²) in [6.07, 6.45) is 11.9. The molecule has 0 aromatic heterocycles. The third kappa shape index (κ3) is 1.94. The first kappa shape index (κ1) is 10.8. The molecule has 2 aliphatic heterocycles. The second-order valence-corrected chi connectivity index (χ2v) is 7.01. The van der Waals surface area contributed by atoms with E-state index in [1.165, 1.54) is 71.0 Å². The molecule has 1 N–H and O–H groups in total. The van der Waals surface area contributed by atoms with Crippen LogP contribution in [-0.4, -0.2) is 36.6 Å². The summed E-state index contributed by atoms with van der Waals surface area (Å²) in [6, 6.07) is 1.71. The van der Waals surface area contributed by atoms with Crippen molar-refractivity contribution in [2.75, 3.05) is 19.6 Å². The van der Waals surface area contributed by atoms with Gasteiger partial charge in [-0.2, -0.15) is 0 Å². The minimum Gasteiger partial charge on any atom is -0.312 e. The van der Waals surface area contributed by atoms with E-state index in [-0.39, 0.29) is 0 Å². The summed E-state index contributed by atoms with van der Waals surface area (Å²) in [5.74, 6) is 1.11. The van der Waals surface area contributed by atoms with Crippen molar-refractivity contribution in [3.63, 3.8) is 0 Å². The fourth-order valence-electron chi connectivity index (χ4n) is 4.41. The van der Waals surface area contributed by atoms with Crippen LogP contribution in [0.4, 0.5) is 0 Å². The first-order chi connectivity index (χ1) is 8.37. The SMILES string of the molecule is C1CCN2CCC(NCC3(C4CC4)CC3)C2C1. The number of nitrogens with one attached hydrogen (secondary N) is 1. The number of nitrogens with zero attached hydrogens (tertiary/aromatic N) is 1. The Hall–Kier alpha value is -0.0800. The minimum absolute atomic E-state index is 0.780. The average molecular weight is 234 g/mol. The second kappa shape index (κ2) is 3.96. The van der Waals surface area contributed by atoms with Crippen LogP contribution in [0.2, 0.25) is 0 Å². The highest BCUT2D eigenvalue weighted by Gasteiger charge is 2.53. The van der Waals surface area contributed by atoms with E-state index >= 15 is 0 Å². The molecular formula is C15H26N2. The van der Waals surface area contributed by atoms with Crippen LogP contribution in [0.25, 0.3) is 0 Å². The van der Waals surface area contributed by atoms with Crippen molar-refractivity contribution in [1.82, 2.24) is 10.2 Å². The largest absolute Gasteiger partial charge is 0.312 e. The Labute approximate surface area is 105 Å². The van der Waals surface area contributed by atoms with Gasteiger partial charge in [-0.3, -0.25) is 4.90 Å². The monoisotopic (exact) mass is 234 g/mol. The zero-order chi connectivity index (χ0) is 11.3. The highest BCUT2D eigenvalue weighted by molar-refractivity contribution is 5.06. The van der Waals surface area contributed by atoms with Gasteiger partial charge in [-0.1, -0.05) is 6.42 Å². The van der Waals surface area contributed by atoms with Crippen LogP contribution < -0.4 is 5.32 Å². The van der Waals surface area contributed by atoms with Crippen molar-refractivity contribution in [3.8, 4) is 0 Å². The highest BCUT2D eigenvalue weighted by atomic mass is 15.2. The zero-order valence-electron chi connectivity index (χ0n) is 11.0. The highest BCUT2D eigenvalue weighted by Crippen LogP contribution is 2.60. The summed E-state index contributed by atoms with van der Waals surface area (Å²) in [4.78, 5) is 2.75. The summed E-state index contributed by atoms with van der Waals surface area (Å²) in [6.45, 7) is 4.07. The van der Waals surface area contributed by atoms with Crippen molar-refractivity contribution in [1.29, 1.82) is 0 Å². The summed E-state index contributed by atoms with van der Waals surface area (Å²) in [7, 11) is 0. The molecule has 0 aromatic rings. The normalized spacial score (nSPS) is 40.2. The molecule has 4 aliphatic rings. The molecule has 17 heavy (non-hydrogen) atoms. The van der Waals surface area contributed by atoms with E-state index in [0.29, 0.717) is 0 Å². The number of fused-ring (bicyclic) bond motifs is 1. The van der Waals surface area contributed by atoms with Crippen LogP contribution in [0.15, 0.2) is 0 Å². The maximum atomic E-state index is 3.96. The van der Waals surface area contributed by atoms with Crippen LogP contribution in [0, 0.1) is 11.3 Å². The van der Waals surface area contributed by atoms with E-state index in [0.717, 1.165) is 23.4 Å². The Morgan fingerprint density at radius 3 is 2.65 bits per heavy atom. The van der Waals surface area contributed by atoms with E-state index in [1.807, 2.05) is 0 Å². The third-order valence-electron chi connectivity index (χ3n) is 5.91. The third-order valence-corrected chi connectivity index (χ3v) is 5.91. The summed E-state index contributed by atoms with van der Waals surface area (Å²) >= 11 is 0. The topological polar surface area (TPSA) is 15.3 Å². The van der Waals surface area contributed by atoms with Gasteiger partial charge in [0.05, 0.1) is 0 Å². The lowest BCUT2D eigenvalue weighted by atomic mass is 9.96. The van der Waals surface area contributed by atoms with Crippen molar-refractivity contribution < 1.29 is 0 Å². The number of hydrogen-bond acceptors (Lipinski definition) is 2. The fourth-order valence-corrected chi connectivity index (χ4v) is 4.41. The van der Waals surface area contributed by atoms with Crippen molar-refractivity contribution in [2.24, 2.45) is 11.3 Å². The van der Waals surface area contributed by atoms with E-state index in [4.69, 9.17) is 0 Å². The maximum absolute atomic E-state index is 3.96. The lowest BCUT2D eigenvalue weighted by Crippen LogP contribution is -2.46. The molecule has 2 aliphatic carbocycles.